The highest BCUT2D eigenvalue weighted by atomic mass is 16.5. The third kappa shape index (κ3) is 3.88. The lowest BCUT2D eigenvalue weighted by molar-refractivity contribution is 0.0930. The first-order valence-electron chi connectivity index (χ1n) is 8.78. The number of nitrogens with one attached hydrogen (secondary N) is 1. The molecule has 3 rings (SSSR count). The molecule has 2 amide bonds. The Hall–Kier alpha value is -3.60. The van der Waals surface area contributed by atoms with Gasteiger partial charge in [0, 0.05) is 24.2 Å². The molecule has 1 saturated heterocycles. The van der Waals surface area contributed by atoms with E-state index in [1.54, 1.807) is 24.3 Å². The number of carbonyl (C=O) groups excluding carboxylic acids is 1. The number of rotatable bonds is 4. The Balaban J connectivity index is 1.84. The van der Waals surface area contributed by atoms with Gasteiger partial charge < -0.3 is 20.1 Å². The molecular weight excluding hydrogens is 360 g/mol. The molecule has 2 heterocycles. The van der Waals surface area contributed by atoms with Crippen LogP contribution in [-0.4, -0.2) is 52.7 Å². The topological polar surface area (TPSA) is 116 Å². The Kier molecular flexibility index (Phi) is 5.45. The van der Waals surface area contributed by atoms with Crippen molar-refractivity contribution in [3.8, 4) is 22.9 Å². The molecular formula is C20H20N4O4. The zero-order chi connectivity index (χ0) is 20.3. The van der Waals surface area contributed by atoms with Crippen LogP contribution in [0.3, 0.4) is 0 Å². The highest BCUT2D eigenvalue weighted by molar-refractivity contribution is 5.94. The number of nitriles is 1. The van der Waals surface area contributed by atoms with Crippen molar-refractivity contribution in [2.75, 3.05) is 13.7 Å². The van der Waals surface area contributed by atoms with E-state index in [-0.39, 0.29) is 30.2 Å². The molecule has 0 aliphatic carbocycles. The summed E-state index contributed by atoms with van der Waals surface area (Å²) in [6, 6.07) is 10.3. The minimum absolute atomic E-state index is 0.157. The van der Waals surface area contributed by atoms with Crippen molar-refractivity contribution in [3.63, 3.8) is 0 Å². The summed E-state index contributed by atoms with van der Waals surface area (Å²) in [5.74, 6) is 0.1000. The number of nitrogens with zero attached hydrogens (tertiary/aromatic N) is 3. The van der Waals surface area contributed by atoms with Crippen LogP contribution < -0.4 is 10.1 Å². The van der Waals surface area contributed by atoms with Gasteiger partial charge in [0.25, 0.3) is 5.91 Å². The first-order chi connectivity index (χ1) is 13.4. The summed E-state index contributed by atoms with van der Waals surface area (Å²) in [5, 5.41) is 21.1. The van der Waals surface area contributed by atoms with Crippen LogP contribution in [0.2, 0.25) is 0 Å². The first-order valence-corrected chi connectivity index (χ1v) is 8.78. The van der Waals surface area contributed by atoms with Crippen molar-refractivity contribution in [2.24, 2.45) is 0 Å². The van der Waals surface area contributed by atoms with Crippen molar-refractivity contribution in [1.82, 2.24) is 15.2 Å². The molecule has 0 saturated carbocycles. The van der Waals surface area contributed by atoms with Crippen LogP contribution >= 0.6 is 0 Å². The van der Waals surface area contributed by atoms with E-state index in [4.69, 9.17) is 10.00 Å². The maximum atomic E-state index is 12.7. The van der Waals surface area contributed by atoms with Crippen LogP contribution in [0, 0.1) is 11.3 Å². The molecule has 1 aliphatic heterocycles. The van der Waals surface area contributed by atoms with E-state index in [0.29, 0.717) is 23.3 Å². The van der Waals surface area contributed by atoms with E-state index >= 15 is 0 Å². The summed E-state index contributed by atoms with van der Waals surface area (Å²) in [6.45, 7) is 2.06. The number of hydrogen-bond donors (Lipinski definition) is 2. The molecule has 28 heavy (non-hydrogen) atoms. The maximum absolute atomic E-state index is 12.7. The van der Waals surface area contributed by atoms with Gasteiger partial charge in [-0.3, -0.25) is 4.79 Å². The van der Waals surface area contributed by atoms with Gasteiger partial charge in [-0.2, -0.15) is 5.26 Å². The monoisotopic (exact) mass is 380 g/mol. The highest BCUT2D eigenvalue weighted by Crippen LogP contribution is 2.30. The van der Waals surface area contributed by atoms with Crippen molar-refractivity contribution < 1.29 is 19.4 Å². The summed E-state index contributed by atoms with van der Waals surface area (Å²) in [6.07, 6.45) is 1.02. The number of methoxy groups -OCH3 is 1. The molecule has 0 unspecified atom stereocenters. The Morgan fingerprint density at radius 2 is 2.18 bits per heavy atom. The average molecular weight is 380 g/mol. The van der Waals surface area contributed by atoms with Crippen LogP contribution in [-0.2, 0) is 0 Å². The molecule has 2 N–H and O–H groups in total. The molecule has 144 valence electrons. The van der Waals surface area contributed by atoms with E-state index in [2.05, 4.69) is 16.4 Å². The van der Waals surface area contributed by atoms with Gasteiger partial charge in [0.2, 0.25) is 0 Å². The Morgan fingerprint density at radius 1 is 1.39 bits per heavy atom. The fraction of sp³-hybridized carbons (Fsp3) is 0.300. The molecule has 0 radical (unpaired) electrons. The molecule has 1 aromatic carbocycles. The molecule has 1 fully saturated rings. The van der Waals surface area contributed by atoms with E-state index < -0.39 is 6.09 Å². The lowest BCUT2D eigenvalue weighted by Crippen LogP contribution is -2.38. The van der Waals surface area contributed by atoms with Gasteiger partial charge in [0.1, 0.15) is 11.4 Å². The molecule has 2 atom stereocenters. The number of ether oxygens (including phenoxy) is 1. The van der Waals surface area contributed by atoms with Crippen LogP contribution in [0.15, 0.2) is 36.5 Å². The minimum atomic E-state index is -0.994. The van der Waals surface area contributed by atoms with Crippen LogP contribution in [0.5, 0.6) is 5.75 Å². The third-order valence-electron chi connectivity index (χ3n) is 4.78. The quantitative estimate of drug-likeness (QED) is 0.842. The second-order valence-corrected chi connectivity index (χ2v) is 6.65. The van der Waals surface area contributed by atoms with Crippen molar-refractivity contribution in [3.05, 3.63) is 47.8 Å². The van der Waals surface area contributed by atoms with Gasteiger partial charge in [0.15, 0.2) is 0 Å². The predicted octanol–water partition coefficient (Wildman–Crippen LogP) is 2.50. The maximum Gasteiger partial charge on any atom is 0.407 e. The summed E-state index contributed by atoms with van der Waals surface area (Å²) in [5.41, 5.74) is 2.07. The normalized spacial score (nSPS) is 18.4. The van der Waals surface area contributed by atoms with Gasteiger partial charge in [-0.05, 0) is 37.1 Å². The van der Waals surface area contributed by atoms with Gasteiger partial charge in [-0.15, -0.1) is 0 Å². The Bertz CT molecular complexity index is 953. The smallest absolute Gasteiger partial charge is 0.407 e. The van der Waals surface area contributed by atoms with Gasteiger partial charge in [-0.25, -0.2) is 9.78 Å². The van der Waals surface area contributed by atoms with Gasteiger partial charge >= 0.3 is 6.09 Å². The lowest BCUT2D eigenvalue weighted by Gasteiger charge is -2.16. The molecule has 0 bridgehead atoms. The highest BCUT2D eigenvalue weighted by Gasteiger charge is 2.33. The molecule has 8 heteroatoms. The zero-order valence-corrected chi connectivity index (χ0v) is 15.5. The summed E-state index contributed by atoms with van der Waals surface area (Å²) < 4.78 is 5.35. The fourth-order valence-electron chi connectivity index (χ4n) is 3.37. The summed E-state index contributed by atoms with van der Waals surface area (Å²) in [4.78, 5) is 29.3. The van der Waals surface area contributed by atoms with E-state index in [9.17, 15) is 14.7 Å². The third-order valence-corrected chi connectivity index (χ3v) is 4.78. The van der Waals surface area contributed by atoms with E-state index in [1.165, 1.54) is 18.2 Å². The number of pyridine rings is 1. The van der Waals surface area contributed by atoms with Gasteiger partial charge in [-0.1, -0.05) is 12.1 Å². The number of hydrogen-bond acceptors (Lipinski definition) is 5. The first kappa shape index (κ1) is 19.2. The summed E-state index contributed by atoms with van der Waals surface area (Å²) >= 11 is 0. The van der Waals surface area contributed by atoms with Crippen molar-refractivity contribution in [1.29, 1.82) is 5.26 Å². The minimum Gasteiger partial charge on any atom is -0.494 e. The van der Waals surface area contributed by atoms with Crippen LogP contribution in [0.1, 0.15) is 29.4 Å². The van der Waals surface area contributed by atoms with E-state index in [0.717, 1.165) is 5.56 Å². The lowest BCUT2D eigenvalue weighted by atomic mass is 10.0. The number of likely N-dealkylation sites (tertiary alicyclic amines) is 1. The number of carboxylic acid groups (broad SMARTS) is 1. The number of amides is 2. The Morgan fingerprint density at radius 3 is 2.82 bits per heavy atom. The number of carbonyl (C=O) groups is 2. The Labute approximate surface area is 162 Å². The number of benzene rings is 1. The molecule has 1 aliphatic rings. The SMILES string of the molecule is COc1cnc(C(=O)N[C@@H]2C[C@@H](C)N(C(=O)O)C2)cc1-c1cccc(C#N)c1. The predicted molar refractivity (Wildman–Crippen MR) is 101 cm³/mol. The number of aromatic nitrogens is 1. The molecule has 8 nitrogen and oxygen atoms in total. The fourth-order valence-corrected chi connectivity index (χ4v) is 3.37. The molecule has 1 aromatic heterocycles. The van der Waals surface area contributed by atoms with Crippen LogP contribution in [0.25, 0.3) is 11.1 Å². The average Bonchev–Trinajstić information content (AvgIpc) is 3.07. The van der Waals surface area contributed by atoms with Crippen LogP contribution in [0.4, 0.5) is 4.79 Å². The van der Waals surface area contributed by atoms with Crippen molar-refractivity contribution in [2.45, 2.75) is 25.4 Å². The second-order valence-electron chi connectivity index (χ2n) is 6.65. The second kappa shape index (κ2) is 7.96. The van der Waals surface area contributed by atoms with E-state index in [1.807, 2.05) is 13.0 Å². The molecule has 2 aromatic rings. The summed E-state index contributed by atoms with van der Waals surface area (Å²) in [7, 11) is 1.51. The van der Waals surface area contributed by atoms with Gasteiger partial charge in [0.05, 0.1) is 24.9 Å². The zero-order valence-electron chi connectivity index (χ0n) is 15.5. The largest absolute Gasteiger partial charge is 0.494 e. The molecule has 0 spiro atoms. The van der Waals surface area contributed by atoms with Crippen molar-refractivity contribution >= 4 is 12.0 Å². The standard InChI is InChI=1S/C20H20N4O4/c1-12-6-15(11-24(12)20(26)27)23-19(25)17-8-16(18(28-2)10-22-17)14-5-3-4-13(7-14)9-21/h3-5,7-8,10,12,15H,6,11H2,1-2H3,(H,23,25)(H,26,27)/t12-,15-/m1/s1.